The second kappa shape index (κ2) is 5.61. The molecule has 1 nitrogen and oxygen atoms in total. The topological polar surface area (TPSA) is 12.9 Å². The molecule has 0 aliphatic heterocycles. The molecule has 1 aromatic heterocycles. The van der Waals surface area contributed by atoms with E-state index in [-0.39, 0.29) is 35.5 Å². The number of hydrogen-bond acceptors (Lipinski definition) is 1. The fraction of sp³-hybridized carbons (Fsp3) is 0.167. The summed E-state index contributed by atoms with van der Waals surface area (Å²) in [4.78, 5) is 3.09. The predicted octanol–water partition coefficient (Wildman–Crippen LogP) is -1.48. The van der Waals surface area contributed by atoms with Crippen LogP contribution in [0.3, 0.4) is 0 Å². The molecule has 6 heteroatoms. The van der Waals surface area contributed by atoms with Gasteiger partial charge in [-0.15, -0.1) is 6.07 Å². The molecular weight excluding hydrogens is 203 g/mol. The zero-order chi connectivity index (χ0) is 7.61. The number of nitrogens with zero attached hydrogens (tertiary/aromatic N) is 1. The Labute approximate surface area is 89.9 Å². The first kappa shape index (κ1) is 14.5. The van der Waals surface area contributed by atoms with Gasteiger partial charge >= 0.3 is 29.2 Å². The molecule has 0 radical (unpaired) electrons. The molecule has 0 aromatic carbocycles. The summed E-state index contributed by atoms with van der Waals surface area (Å²) in [6.45, 7) is 0. The summed E-state index contributed by atoms with van der Waals surface area (Å²) < 4.78 is 35.1. The Kier molecular flexibility index (Phi) is 6.79. The summed E-state index contributed by atoms with van der Waals surface area (Å²) in [5.41, 5.74) is -0.907. The van der Waals surface area contributed by atoms with Crippen LogP contribution in [-0.4, -0.2) is 28.0 Å². The van der Waals surface area contributed by atoms with Crippen LogP contribution in [0.15, 0.2) is 18.3 Å². The van der Waals surface area contributed by atoms with E-state index in [1.54, 1.807) is 0 Å². The third-order valence-corrected chi connectivity index (χ3v) is 0.895. The zero-order valence-electron chi connectivity index (χ0n) is 5.90. The maximum atomic E-state index is 11.7. The van der Waals surface area contributed by atoms with Crippen molar-refractivity contribution in [2.24, 2.45) is 0 Å². The van der Waals surface area contributed by atoms with Crippen LogP contribution in [-0.2, 0) is 6.18 Å². The van der Waals surface area contributed by atoms with Crippen molar-refractivity contribution in [3.63, 3.8) is 0 Å². The molecule has 0 saturated carbocycles. The van der Waals surface area contributed by atoms with Gasteiger partial charge in [0.25, 0.3) is 0 Å². The molecule has 1 aromatic rings. The first-order valence-corrected chi connectivity index (χ1v) is 2.50. The Morgan fingerprint density at radius 3 is 2.17 bits per heavy atom. The average Bonchev–Trinajstić information content (AvgIpc) is 1.88. The third kappa shape index (κ3) is 4.13. The monoisotopic (exact) mass is 205 g/mol. The predicted molar refractivity (Wildman–Crippen MR) is 33.8 cm³/mol. The van der Waals surface area contributed by atoms with Crippen molar-refractivity contribution in [2.75, 3.05) is 0 Å². The standard InChI is InChI=1S/C6H3F3N.ClH.Mg/c7-6(8,9)5-3-1-2-4-10-5;;/h2-4H;1H;/q-1;;+2/p-1. The molecule has 0 bridgehead atoms. The molecule has 0 amide bonds. The van der Waals surface area contributed by atoms with E-state index < -0.39 is 11.9 Å². The number of aromatic nitrogens is 1. The van der Waals surface area contributed by atoms with Gasteiger partial charge in [0.05, 0.1) is 0 Å². The molecule has 0 unspecified atom stereocenters. The summed E-state index contributed by atoms with van der Waals surface area (Å²) in [7, 11) is 0. The summed E-state index contributed by atoms with van der Waals surface area (Å²) in [5, 5.41) is 0. The van der Waals surface area contributed by atoms with Gasteiger partial charge in [-0.25, -0.2) is 0 Å². The van der Waals surface area contributed by atoms with Crippen molar-refractivity contribution in [1.82, 2.24) is 4.98 Å². The smallest absolute Gasteiger partial charge is 1.00 e. The van der Waals surface area contributed by atoms with Gasteiger partial charge in [-0.2, -0.15) is 25.3 Å². The molecular formula is C6H3ClF3MgN. The van der Waals surface area contributed by atoms with Gasteiger partial charge < -0.3 is 17.4 Å². The van der Waals surface area contributed by atoms with Gasteiger partial charge in [-0.1, -0.05) is 6.20 Å². The fourth-order valence-corrected chi connectivity index (χ4v) is 0.480. The Hall–Kier alpha value is -0.00377. The van der Waals surface area contributed by atoms with Gasteiger partial charge in [0.15, 0.2) is 0 Å². The van der Waals surface area contributed by atoms with Gasteiger partial charge in [-0.05, 0) is 0 Å². The van der Waals surface area contributed by atoms with Gasteiger partial charge in [-0.3, -0.25) is 0 Å². The molecule has 0 N–H and O–H groups in total. The molecule has 0 fully saturated rings. The Morgan fingerprint density at radius 1 is 1.33 bits per heavy atom. The molecule has 12 heavy (non-hydrogen) atoms. The summed E-state index contributed by atoms with van der Waals surface area (Å²) >= 11 is 0. The van der Waals surface area contributed by atoms with E-state index in [9.17, 15) is 13.2 Å². The van der Waals surface area contributed by atoms with Crippen LogP contribution >= 0.6 is 0 Å². The molecule has 0 spiro atoms. The van der Waals surface area contributed by atoms with Crippen LogP contribution in [0.2, 0.25) is 0 Å². The van der Waals surface area contributed by atoms with Crippen LogP contribution in [0.25, 0.3) is 0 Å². The molecule has 0 saturated heterocycles. The van der Waals surface area contributed by atoms with Crippen LogP contribution < -0.4 is 12.4 Å². The minimum atomic E-state index is -4.35. The van der Waals surface area contributed by atoms with Crippen LogP contribution in [0.4, 0.5) is 13.2 Å². The quantitative estimate of drug-likeness (QED) is 0.372. The fourth-order valence-electron chi connectivity index (χ4n) is 0.480. The van der Waals surface area contributed by atoms with Gasteiger partial charge in [0.1, 0.15) is 0 Å². The minimum Gasteiger partial charge on any atom is -1.00 e. The minimum absolute atomic E-state index is 0. The number of alkyl halides is 3. The second-order valence-corrected chi connectivity index (χ2v) is 1.64. The Bertz CT molecular complexity index is 214. The normalized spacial score (nSPS) is 9.58. The van der Waals surface area contributed by atoms with Gasteiger partial charge in [0.2, 0.25) is 0 Å². The molecule has 1 heterocycles. The van der Waals surface area contributed by atoms with Crippen molar-refractivity contribution in [2.45, 2.75) is 6.18 Å². The van der Waals surface area contributed by atoms with Crippen molar-refractivity contribution in [3.05, 3.63) is 30.1 Å². The van der Waals surface area contributed by atoms with Crippen molar-refractivity contribution in [1.29, 1.82) is 0 Å². The second-order valence-electron chi connectivity index (χ2n) is 1.64. The zero-order valence-corrected chi connectivity index (χ0v) is 8.07. The van der Waals surface area contributed by atoms with E-state index in [0.717, 1.165) is 12.3 Å². The van der Waals surface area contributed by atoms with E-state index >= 15 is 0 Å². The molecule has 0 aliphatic rings. The molecule has 0 atom stereocenters. The Morgan fingerprint density at radius 2 is 1.92 bits per heavy atom. The first-order chi connectivity index (χ1) is 4.61. The third-order valence-electron chi connectivity index (χ3n) is 0.895. The maximum Gasteiger partial charge on any atom is 2.00 e. The molecule has 62 valence electrons. The van der Waals surface area contributed by atoms with Crippen LogP contribution in [0, 0.1) is 6.07 Å². The summed E-state index contributed by atoms with van der Waals surface area (Å²) in [6.07, 6.45) is -3.29. The molecule has 0 aliphatic carbocycles. The van der Waals surface area contributed by atoms with Crippen LogP contribution in [0.1, 0.15) is 5.69 Å². The van der Waals surface area contributed by atoms with Crippen molar-refractivity contribution < 1.29 is 25.6 Å². The molecule has 1 rings (SSSR count). The van der Waals surface area contributed by atoms with Crippen LogP contribution in [0.5, 0.6) is 0 Å². The van der Waals surface area contributed by atoms with E-state index in [1.165, 1.54) is 6.07 Å². The number of rotatable bonds is 0. The van der Waals surface area contributed by atoms with E-state index in [2.05, 4.69) is 11.1 Å². The van der Waals surface area contributed by atoms with Gasteiger partial charge in [0, 0.05) is 5.69 Å². The SMILES string of the molecule is FC(F)(F)c1c[c-]ccn1.[Cl-].[Mg+2]. The average molecular weight is 206 g/mol. The van der Waals surface area contributed by atoms with Crippen molar-refractivity contribution >= 4 is 23.1 Å². The maximum absolute atomic E-state index is 11.7. The summed E-state index contributed by atoms with van der Waals surface area (Å²) in [6, 6.07) is 4.41. The van der Waals surface area contributed by atoms with E-state index in [4.69, 9.17) is 0 Å². The number of pyridine rings is 1. The van der Waals surface area contributed by atoms with E-state index in [0.29, 0.717) is 0 Å². The van der Waals surface area contributed by atoms with Crippen molar-refractivity contribution in [3.8, 4) is 0 Å². The largest absolute Gasteiger partial charge is 2.00 e. The Balaban J connectivity index is 0. The number of hydrogen-bond donors (Lipinski definition) is 0. The first-order valence-electron chi connectivity index (χ1n) is 2.50. The van der Waals surface area contributed by atoms with E-state index in [1.807, 2.05) is 0 Å². The summed E-state index contributed by atoms with van der Waals surface area (Å²) in [5.74, 6) is 0. The number of halogens is 4.